The van der Waals surface area contributed by atoms with Crippen molar-refractivity contribution in [3.05, 3.63) is 65.5 Å². The minimum absolute atomic E-state index is 0.214. The number of hydrogen-bond donors (Lipinski definition) is 2. The highest BCUT2D eigenvalue weighted by Crippen LogP contribution is 2.19. The van der Waals surface area contributed by atoms with Crippen molar-refractivity contribution in [1.82, 2.24) is 10.2 Å². The molecular formula is C20H24FN3OS. The van der Waals surface area contributed by atoms with Crippen LogP contribution in [0, 0.1) is 5.82 Å². The summed E-state index contributed by atoms with van der Waals surface area (Å²) in [4.78, 5) is 14.6. The van der Waals surface area contributed by atoms with E-state index >= 15 is 0 Å². The molecule has 0 aromatic heterocycles. The van der Waals surface area contributed by atoms with Gasteiger partial charge >= 0.3 is 6.03 Å². The lowest BCUT2D eigenvalue weighted by atomic mass is 10.1. The maximum absolute atomic E-state index is 12.9. The summed E-state index contributed by atoms with van der Waals surface area (Å²) in [5, 5.41) is 5.82. The number of urea groups is 1. The fourth-order valence-electron chi connectivity index (χ4n) is 2.92. The van der Waals surface area contributed by atoms with Crippen molar-refractivity contribution in [2.24, 2.45) is 0 Å². The number of nitrogens with zero attached hydrogens (tertiary/aromatic N) is 1. The van der Waals surface area contributed by atoms with Crippen molar-refractivity contribution in [3.63, 3.8) is 0 Å². The minimum Gasteiger partial charge on any atom is -0.338 e. The SMILES string of the molecule is O=C(NCCc1ccc(F)cc1)Nc1ccccc1CN1CCSCC1. The second-order valence-corrected chi connectivity index (χ2v) is 7.53. The van der Waals surface area contributed by atoms with Gasteiger partial charge in [0, 0.05) is 43.4 Å². The van der Waals surface area contributed by atoms with Crippen molar-refractivity contribution in [3.8, 4) is 0 Å². The van der Waals surface area contributed by atoms with Gasteiger partial charge in [-0.05, 0) is 35.7 Å². The Morgan fingerprint density at radius 3 is 2.58 bits per heavy atom. The molecule has 138 valence electrons. The average Bonchev–Trinajstić information content (AvgIpc) is 2.66. The predicted octanol–water partition coefficient (Wildman–Crippen LogP) is 3.74. The van der Waals surface area contributed by atoms with Gasteiger partial charge in [-0.1, -0.05) is 30.3 Å². The minimum atomic E-state index is -0.247. The third kappa shape index (κ3) is 5.75. The summed E-state index contributed by atoms with van der Waals surface area (Å²) in [6, 6.07) is 14.1. The van der Waals surface area contributed by atoms with E-state index < -0.39 is 0 Å². The van der Waals surface area contributed by atoms with E-state index in [-0.39, 0.29) is 11.8 Å². The molecule has 2 amide bonds. The molecule has 0 unspecified atom stereocenters. The van der Waals surface area contributed by atoms with E-state index in [0.717, 1.165) is 36.4 Å². The number of rotatable bonds is 6. The largest absolute Gasteiger partial charge is 0.338 e. The molecule has 2 aromatic carbocycles. The summed E-state index contributed by atoms with van der Waals surface area (Å²) < 4.78 is 12.9. The van der Waals surface area contributed by atoms with Gasteiger partial charge in [0.15, 0.2) is 0 Å². The van der Waals surface area contributed by atoms with Crippen molar-refractivity contribution in [2.75, 3.05) is 36.5 Å². The standard InChI is InChI=1S/C20H24FN3OS/c21-18-7-5-16(6-8-18)9-10-22-20(25)23-19-4-2-1-3-17(19)15-24-11-13-26-14-12-24/h1-8H,9-15H2,(H2,22,23,25). The third-order valence-electron chi connectivity index (χ3n) is 4.38. The van der Waals surface area contributed by atoms with E-state index in [1.54, 1.807) is 12.1 Å². The van der Waals surface area contributed by atoms with Gasteiger partial charge in [0.1, 0.15) is 5.82 Å². The molecule has 0 spiro atoms. The summed E-state index contributed by atoms with van der Waals surface area (Å²) in [6.45, 7) is 3.53. The molecule has 26 heavy (non-hydrogen) atoms. The van der Waals surface area contributed by atoms with Crippen molar-refractivity contribution in [1.29, 1.82) is 0 Å². The van der Waals surface area contributed by atoms with Gasteiger partial charge in [0.05, 0.1) is 0 Å². The number of carbonyl (C=O) groups excluding carboxylic acids is 1. The molecule has 4 nitrogen and oxygen atoms in total. The third-order valence-corrected chi connectivity index (χ3v) is 5.32. The molecule has 1 aliphatic rings. The molecule has 6 heteroatoms. The Hall–Kier alpha value is -2.05. The van der Waals surface area contributed by atoms with Crippen LogP contribution < -0.4 is 10.6 Å². The van der Waals surface area contributed by atoms with Crippen LogP contribution in [0.2, 0.25) is 0 Å². The van der Waals surface area contributed by atoms with Gasteiger partial charge in [-0.15, -0.1) is 0 Å². The Labute approximate surface area is 158 Å². The molecule has 2 aromatic rings. The molecule has 0 bridgehead atoms. The topological polar surface area (TPSA) is 44.4 Å². The highest BCUT2D eigenvalue weighted by Gasteiger charge is 2.13. The second-order valence-electron chi connectivity index (χ2n) is 6.30. The van der Waals surface area contributed by atoms with E-state index in [2.05, 4.69) is 21.6 Å². The quantitative estimate of drug-likeness (QED) is 0.811. The van der Waals surface area contributed by atoms with Crippen LogP contribution in [-0.2, 0) is 13.0 Å². The molecule has 1 aliphatic heterocycles. The molecule has 1 heterocycles. The normalized spacial score (nSPS) is 14.8. The van der Waals surface area contributed by atoms with Gasteiger partial charge in [-0.3, -0.25) is 4.90 Å². The van der Waals surface area contributed by atoms with Gasteiger partial charge in [-0.25, -0.2) is 9.18 Å². The lowest BCUT2D eigenvalue weighted by Crippen LogP contribution is -2.33. The fraction of sp³-hybridized carbons (Fsp3) is 0.350. The Balaban J connectivity index is 1.49. The van der Waals surface area contributed by atoms with Gasteiger partial charge < -0.3 is 10.6 Å². The Kier molecular flexibility index (Phi) is 6.91. The number of para-hydroxylation sites is 1. The van der Waals surface area contributed by atoms with E-state index in [0.29, 0.717) is 13.0 Å². The number of thioether (sulfide) groups is 1. The Morgan fingerprint density at radius 1 is 1.08 bits per heavy atom. The van der Waals surface area contributed by atoms with Crippen LogP contribution >= 0.6 is 11.8 Å². The number of anilines is 1. The first-order chi connectivity index (χ1) is 12.7. The zero-order valence-electron chi connectivity index (χ0n) is 14.7. The van der Waals surface area contributed by atoms with E-state index in [9.17, 15) is 9.18 Å². The predicted molar refractivity (Wildman–Crippen MR) is 106 cm³/mol. The summed E-state index contributed by atoms with van der Waals surface area (Å²) in [5.74, 6) is 2.09. The number of halogens is 1. The molecule has 0 radical (unpaired) electrons. The highest BCUT2D eigenvalue weighted by atomic mass is 32.2. The van der Waals surface area contributed by atoms with E-state index in [4.69, 9.17) is 0 Å². The van der Waals surface area contributed by atoms with Crippen molar-refractivity contribution in [2.45, 2.75) is 13.0 Å². The monoisotopic (exact) mass is 373 g/mol. The van der Waals surface area contributed by atoms with Crippen LogP contribution in [0.5, 0.6) is 0 Å². The van der Waals surface area contributed by atoms with Gasteiger partial charge in [0.2, 0.25) is 0 Å². The lowest BCUT2D eigenvalue weighted by molar-refractivity contribution is 0.252. The van der Waals surface area contributed by atoms with Crippen molar-refractivity contribution >= 4 is 23.5 Å². The smallest absolute Gasteiger partial charge is 0.319 e. The summed E-state index contributed by atoms with van der Waals surface area (Å²) >= 11 is 1.99. The molecule has 2 N–H and O–H groups in total. The van der Waals surface area contributed by atoms with Crippen LogP contribution in [0.3, 0.4) is 0 Å². The average molecular weight is 373 g/mol. The fourth-order valence-corrected chi connectivity index (χ4v) is 3.90. The summed E-state index contributed by atoms with van der Waals surface area (Å²) in [7, 11) is 0. The van der Waals surface area contributed by atoms with Crippen molar-refractivity contribution < 1.29 is 9.18 Å². The lowest BCUT2D eigenvalue weighted by Gasteiger charge is -2.27. The van der Waals surface area contributed by atoms with E-state index in [1.807, 2.05) is 30.0 Å². The number of hydrogen-bond acceptors (Lipinski definition) is 3. The van der Waals surface area contributed by atoms with E-state index in [1.165, 1.54) is 23.6 Å². The molecular weight excluding hydrogens is 349 g/mol. The zero-order valence-corrected chi connectivity index (χ0v) is 15.5. The Morgan fingerprint density at radius 2 is 1.81 bits per heavy atom. The number of nitrogens with one attached hydrogen (secondary N) is 2. The summed E-state index contributed by atoms with van der Waals surface area (Å²) in [6.07, 6.45) is 0.667. The molecule has 0 atom stereocenters. The molecule has 0 aliphatic carbocycles. The highest BCUT2D eigenvalue weighted by molar-refractivity contribution is 7.99. The van der Waals surface area contributed by atoms with Crippen LogP contribution in [0.15, 0.2) is 48.5 Å². The number of carbonyl (C=O) groups is 1. The van der Waals surface area contributed by atoms with Crippen LogP contribution in [0.25, 0.3) is 0 Å². The zero-order chi connectivity index (χ0) is 18.2. The van der Waals surface area contributed by atoms with Crippen LogP contribution in [0.1, 0.15) is 11.1 Å². The molecule has 0 saturated carbocycles. The number of amides is 2. The maximum Gasteiger partial charge on any atom is 0.319 e. The maximum atomic E-state index is 12.9. The first kappa shape index (κ1) is 18.7. The second kappa shape index (κ2) is 9.59. The first-order valence-electron chi connectivity index (χ1n) is 8.88. The van der Waals surface area contributed by atoms with Crippen LogP contribution in [-0.4, -0.2) is 42.1 Å². The first-order valence-corrected chi connectivity index (χ1v) is 10.0. The van der Waals surface area contributed by atoms with Gasteiger partial charge in [-0.2, -0.15) is 11.8 Å². The molecule has 3 rings (SSSR count). The Bertz CT molecular complexity index is 717. The number of benzene rings is 2. The van der Waals surface area contributed by atoms with Crippen LogP contribution in [0.4, 0.5) is 14.9 Å². The molecule has 1 fully saturated rings. The van der Waals surface area contributed by atoms with Gasteiger partial charge in [0.25, 0.3) is 0 Å². The molecule has 1 saturated heterocycles. The summed E-state index contributed by atoms with van der Waals surface area (Å²) in [5.41, 5.74) is 2.98.